The van der Waals surface area contributed by atoms with Crippen molar-refractivity contribution in [2.75, 3.05) is 39.6 Å². The third-order valence-corrected chi connectivity index (χ3v) is 20.0. The average Bonchev–Trinajstić information content (AvgIpc) is 0.984. The van der Waals surface area contributed by atoms with E-state index in [9.17, 15) is 43.2 Å². The summed E-state index contributed by atoms with van der Waals surface area (Å²) in [5.41, 5.74) is 0. The van der Waals surface area contributed by atoms with Crippen molar-refractivity contribution >= 4 is 39.5 Å². The summed E-state index contributed by atoms with van der Waals surface area (Å²) in [5.74, 6) is -0.614. The van der Waals surface area contributed by atoms with Crippen LogP contribution in [0, 0.1) is 11.8 Å². The van der Waals surface area contributed by atoms with E-state index in [0.29, 0.717) is 25.7 Å². The summed E-state index contributed by atoms with van der Waals surface area (Å²) < 4.78 is 68.6. The van der Waals surface area contributed by atoms with E-state index in [1.807, 2.05) is 0 Å². The number of carbonyl (C=O) groups excluding carboxylic acids is 4. The predicted octanol–water partition coefficient (Wildman–Crippen LogP) is 23.4. The molecule has 0 bridgehead atoms. The second kappa shape index (κ2) is 71.2. The summed E-state index contributed by atoms with van der Waals surface area (Å²) >= 11 is 0. The third-order valence-electron chi connectivity index (χ3n) is 18.1. The monoisotopic (exact) mass is 1450 g/mol. The number of phosphoric ester groups is 2. The molecular weight excluding hydrogens is 1290 g/mol. The van der Waals surface area contributed by atoms with Gasteiger partial charge in [0, 0.05) is 25.7 Å². The van der Waals surface area contributed by atoms with Crippen molar-refractivity contribution in [1.29, 1.82) is 0 Å². The van der Waals surface area contributed by atoms with Gasteiger partial charge in [0.05, 0.1) is 26.4 Å². The molecule has 0 aromatic carbocycles. The molecule has 2 unspecified atom stereocenters. The van der Waals surface area contributed by atoms with Crippen LogP contribution >= 0.6 is 15.6 Å². The quantitative estimate of drug-likeness (QED) is 0.0169. The molecule has 0 amide bonds. The maximum absolute atomic E-state index is 13.1. The molecule has 17 nitrogen and oxygen atoms in total. The van der Waals surface area contributed by atoms with Crippen LogP contribution in [0.15, 0.2) is 24.3 Å². The topological polar surface area (TPSA) is 237 Å². The lowest BCUT2D eigenvalue weighted by molar-refractivity contribution is -0.161. The van der Waals surface area contributed by atoms with Crippen LogP contribution in [-0.2, 0) is 65.4 Å². The van der Waals surface area contributed by atoms with Crippen molar-refractivity contribution in [1.82, 2.24) is 0 Å². The largest absolute Gasteiger partial charge is 0.472 e. The number of allylic oxidation sites excluding steroid dienone is 4. The lowest BCUT2D eigenvalue weighted by Crippen LogP contribution is -2.30. The molecule has 5 atom stereocenters. The van der Waals surface area contributed by atoms with E-state index in [1.54, 1.807) is 0 Å². The Bertz CT molecular complexity index is 2000. The summed E-state index contributed by atoms with van der Waals surface area (Å²) in [4.78, 5) is 73.0. The number of unbranched alkanes of at least 4 members (excludes halogenated alkanes) is 44. The van der Waals surface area contributed by atoms with Gasteiger partial charge in [-0.05, 0) is 63.2 Å². The standard InChI is InChI=1S/C80H152O17P2/c1-7-9-11-13-15-17-19-21-24-29-33-37-44-50-56-62-77(82)90-68-75(96-79(84)65-59-53-47-39-35-31-27-23-26-28-32-36-42-48-54-60-72(3)4)70-94-98(86,87)92-66-74(81)67-93-99(88,89)95-71-76(69-91-78(83)63-57-51-45-41-40-43-49-55-61-73(5)6)97-80(85)64-58-52-46-38-34-30-25-22-20-18-16-14-12-10-8-2/h17,19,21,24,72-76,81H,7-16,18,20,22-23,25-71H2,1-6H3,(H,86,87)(H,88,89)/b19-17-,24-21-/t74-,75-,76-/m1/s1. The highest BCUT2D eigenvalue weighted by molar-refractivity contribution is 7.47. The highest BCUT2D eigenvalue weighted by Gasteiger charge is 2.30. The number of phosphoric acid groups is 2. The number of aliphatic hydroxyl groups excluding tert-OH is 1. The molecule has 584 valence electrons. The van der Waals surface area contributed by atoms with Gasteiger partial charge in [-0.2, -0.15) is 0 Å². The van der Waals surface area contributed by atoms with Crippen LogP contribution in [0.5, 0.6) is 0 Å². The number of hydrogen-bond acceptors (Lipinski definition) is 15. The van der Waals surface area contributed by atoms with Crippen LogP contribution in [-0.4, -0.2) is 96.7 Å². The molecule has 0 spiro atoms. The van der Waals surface area contributed by atoms with Gasteiger partial charge in [0.1, 0.15) is 19.3 Å². The van der Waals surface area contributed by atoms with Gasteiger partial charge in [-0.15, -0.1) is 0 Å². The Balaban J connectivity index is 5.29. The molecule has 0 aromatic rings. The summed E-state index contributed by atoms with van der Waals surface area (Å²) in [7, 11) is -9.93. The van der Waals surface area contributed by atoms with Crippen LogP contribution in [0.4, 0.5) is 0 Å². The van der Waals surface area contributed by atoms with E-state index in [4.69, 9.17) is 37.0 Å². The fraction of sp³-hybridized carbons (Fsp3) is 0.900. The van der Waals surface area contributed by atoms with E-state index < -0.39 is 97.5 Å². The van der Waals surface area contributed by atoms with Gasteiger partial charge in [0.15, 0.2) is 12.2 Å². The van der Waals surface area contributed by atoms with Crippen LogP contribution in [0.1, 0.15) is 395 Å². The molecule has 3 N–H and O–H groups in total. The first-order chi connectivity index (χ1) is 47.9. The lowest BCUT2D eigenvalue weighted by Gasteiger charge is -2.21. The van der Waals surface area contributed by atoms with Crippen LogP contribution in [0.3, 0.4) is 0 Å². The zero-order valence-corrected chi connectivity index (χ0v) is 66.1. The minimum atomic E-state index is -4.97. The third kappa shape index (κ3) is 73.6. The second-order valence-corrected chi connectivity index (χ2v) is 32.0. The summed E-state index contributed by atoms with van der Waals surface area (Å²) in [6, 6.07) is 0. The zero-order valence-electron chi connectivity index (χ0n) is 64.3. The van der Waals surface area contributed by atoms with Crippen molar-refractivity contribution < 1.29 is 80.2 Å². The lowest BCUT2D eigenvalue weighted by atomic mass is 10.0. The van der Waals surface area contributed by atoms with Gasteiger partial charge in [-0.3, -0.25) is 37.3 Å². The number of aliphatic hydroxyl groups is 1. The molecule has 0 radical (unpaired) electrons. The molecule has 0 fully saturated rings. The van der Waals surface area contributed by atoms with E-state index in [1.165, 1.54) is 193 Å². The van der Waals surface area contributed by atoms with Gasteiger partial charge >= 0.3 is 39.5 Å². The number of hydrogen-bond donors (Lipinski definition) is 3. The van der Waals surface area contributed by atoms with E-state index in [2.05, 4.69) is 65.8 Å². The maximum Gasteiger partial charge on any atom is 0.472 e. The molecule has 19 heteroatoms. The fourth-order valence-corrected chi connectivity index (χ4v) is 13.4. The SMILES string of the molecule is CCCCCC/C=C\C=C/CCCCCCCC(=O)OC[C@H](COP(=O)(O)OC[C@@H](O)COP(=O)(O)OC[C@@H](COC(=O)CCCCCCCCCCC(C)C)OC(=O)CCCCCCCCCCCCCCCCC)OC(=O)CCCCCCCCCCCCCCCCCC(C)C. The molecule has 0 aliphatic heterocycles. The van der Waals surface area contributed by atoms with Crippen molar-refractivity contribution in [3.05, 3.63) is 24.3 Å². The van der Waals surface area contributed by atoms with Gasteiger partial charge in [0.2, 0.25) is 0 Å². The Kier molecular flexibility index (Phi) is 69.4. The minimum absolute atomic E-state index is 0.101. The van der Waals surface area contributed by atoms with Crippen molar-refractivity contribution in [2.45, 2.75) is 413 Å². The number of esters is 4. The number of rotatable bonds is 77. The van der Waals surface area contributed by atoms with E-state index in [-0.39, 0.29) is 25.7 Å². The minimum Gasteiger partial charge on any atom is -0.462 e. The van der Waals surface area contributed by atoms with E-state index >= 15 is 0 Å². The average molecular weight is 1450 g/mol. The molecule has 0 heterocycles. The first-order valence-corrected chi connectivity index (χ1v) is 43.8. The molecule has 0 aliphatic carbocycles. The van der Waals surface area contributed by atoms with Crippen molar-refractivity contribution in [3.63, 3.8) is 0 Å². The fourth-order valence-electron chi connectivity index (χ4n) is 11.8. The molecule has 0 aliphatic rings. The number of carbonyl (C=O) groups is 4. The molecule has 0 aromatic heterocycles. The highest BCUT2D eigenvalue weighted by atomic mass is 31.2. The molecule has 0 saturated carbocycles. The van der Waals surface area contributed by atoms with Gasteiger partial charge < -0.3 is 33.8 Å². The Labute approximate surface area is 605 Å². The van der Waals surface area contributed by atoms with Crippen molar-refractivity contribution in [3.8, 4) is 0 Å². The Hall–Kier alpha value is -2.46. The van der Waals surface area contributed by atoms with Crippen molar-refractivity contribution in [2.24, 2.45) is 11.8 Å². The second-order valence-electron chi connectivity index (χ2n) is 29.1. The molecule has 0 rings (SSSR count). The molecule has 0 saturated heterocycles. The Morgan fingerprint density at radius 2 is 0.545 bits per heavy atom. The maximum atomic E-state index is 13.1. The van der Waals surface area contributed by atoms with E-state index in [0.717, 1.165) is 121 Å². The number of ether oxygens (including phenoxy) is 4. The Morgan fingerprint density at radius 3 is 0.828 bits per heavy atom. The Morgan fingerprint density at radius 1 is 0.313 bits per heavy atom. The zero-order chi connectivity index (χ0) is 72.8. The van der Waals surface area contributed by atoms with Gasteiger partial charge in [-0.25, -0.2) is 9.13 Å². The van der Waals surface area contributed by atoms with Gasteiger partial charge in [0.25, 0.3) is 0 Å². The first kappa shape index (κ1) is 96.5. The normalized spacial score (nSPS) is 14.1. The van der Waals surface area contributed by atoms with Crippen LogP contribution < -0.4 is 0 Å². The molecular formula is C80H152O17P2. The molecule has 99 heavy (non-hydrogen) atoms. The van der Waals surface area contributed by atoms with Crippen LogP contribution in [0.25, 0.3) is 0 Å². The summed E-state index contributed by atoms with van der Waals surface area (Å²) in [6.45, 7) is 9.55. The summed E-state index contributed by atoms with van der Waals surface area (Å²) in [5, 5.41) is 10.6. The predicted molar refractivity (Wildman–Crippen MR) is 404 cm³/mol. The van der Waals surface area contributed by atoms with Gasteiger partial charge in [-0.1, -0.05) is 342 Å². The summed E-state index contributed by atoms with van der Waals surface area (Å²) in [6.07, 6.45) is 63.2. The first-order valence-electron chi connectivity index (χ1n) is 40.8. The van der Waals surface area contributed by atoms with Crippen LogP contribution in [0.2, 0.25) is 0 Å². The smallest absolute Gasteiger partial charge is 0.462 e. The highest BCUT2D eigenvalue weighted by Crippen LogP contribution is 2.45.